The van der Waals surface area contributed by atoms with Gasteiger partial charge in [-0.15, -0.1) is 0 Å². The minimum Gasteiger partial charge on any atom is -0.460 e. The maximum Gasteiger partial charge on any atom is 0.329 e. The first-order chi connectivity index (χ1) is 35.5. The third-order valence-electron chi connectivity index (χ3n) is 16.5. The molecule has 16 heteroatoms. The quantitative estimate of drug-likeness (QED) is 0.0493. The van der Waals surface area contributed by atoms with Crippen LogP contribution in [0.15, 0.2) is 59.8 Å². The summed E-state index contributed by atoms with van der Waals surface area (Å²) in [6.45, 7) is 23.3. The van der Waals surface area contributed by atoms with E-state index in [1.165, 1.54) is 4.90 Å². The number of fused-ring (bicyclic) bond motifs is 3. The summed E-state index contributed by atoms with van der Waals surface area (Å²) >= 11 is 0. The number of aliphatic hydroxyl groups excluding tert-OH is 2. The van der Waals surface area contributed by atoms with Crippen molar-refractivity contribution in [2.75, 3.05) is 53.9 Å². The number of nitrogens with zero attached hydrogens (tertiary/aromatic N) is 1. The van der Waals surface area contributed by atoms with Crippen molar-refractivity contribution in [3.63, 3.8) is 0 Å². The van der Waals surface area contributed by atoms with Crippen LogP contribution in [0.1, 0.15) is 126 Å². The smallest absolute Gasteiger partial charge is 0.329 e. The maximum atomic E-state index is 14.6. The number of rotatable bonds is 14. The van der Waals surface area contributed by atoms with Crippen molar-refractivity contribution >= 4 is 31.5 Å². The molecule has 75 heavy (non-hydrogen) atoms. The third-order valence-corrected chi connectivity index (χ3v) is 19.1. The fourth-order valence-electron chi connectivity index (χ4n) is 11.4. The molecule has 3 heterocycles. The van der Waals surface area contributed by atoms with Crippen LogP contribution in [0.2, 0.25) is 19.1 Å². The molecule has 0 unspecified atom stereocenters. The number of ether oxygens (including phenoxy) is 7. The Bertz CT molecular complexity index is 1980. The number of hydrogen-bond donors (Lipinski definition) is 3. The fraction of sp³-hybridized carbons (Fsp3) is 0.763. The van der Waals surface area contributed by atoms with Crippen LogP contribution in [0.3, 0.4) is 0 Å². The number of carbonyl (C=O) groups is 4. The SMILES string of the molecule is C=C1[C@H](C)C[C@H](C)/C=C/C=C/C=C(\C)[C@@H](OC)C[C@@H]2CC[C@@H](C)[C@@](O)(O2)C(=O)C(=O)N2CCCC[C@H]2C(=O)O[C@H]([C@H](C)C[C@@H]2CC[C@@H](OCCOC[Si](C)(C)CCO)[C@H](OC)C2)CC(=O)[C@H](C)/C=C(\C)[C@@H](O)[C@H]1OC. The van der Waals surface area contributed by atoms with Crippen molar-refractivity contribution in [2.24, 2.45) is 35.5 Å². The van der Waals surface area contributed by atoms with Gasteiger partial charge in [-0.1, -0.05) is 90.7 Å². The molecule has 15 atom stereocenters. The molecule has 2 bridgehead atoms. The van der Waals surface area contributed by atoms with Gasteiger partial charge in [0.25, 0.3) is 11.7 Å². The Morgan fingerprint density at radius 1 is 0.880 bits per heavy atom. The Morgan fingerprint density at radius 2 is 1.61 bits per heavy atom. The molecule has 3 fully saturated rings. The Balaban J connectivity index is 1.64. The van der Waals surface area contributed by atoms with Gasteiger partial charge in [0, 0.05) is 65.4 Å². The molecule has 3 N–H and O–H groups in total. The predicted octanol–water partition coefficient (Wildman–Crippen LogP) is 8.45. The number of Topliss-reactive ketones (excluding diaryl/α,β-unsaturated/α-hetero) is 2. The Kier molecular flexibility index (Phi) is 26.5. The molecule has 1 saturated carbocycles. The first kappa shape index (κ1) is 64.4. The van der Waals surface area contributed by atoms with Gasteiger partial charge in [-0.2, -0.15) is 0 Å². The van der Waals surface area contributed by atoms with Gasteiger partial charge in [0.2, 0.25) is 5.79 Å². The molecule has 0 radical (unpaired) electrons. The van der Waals surface area contributed by atoms with Crippen molar-refractivity contribution in [3.05, 3.63) is 59.8 Å². The van der Waals surface area contributed by atoms with Gasteiger partial charge in [0.15, 0.2) is 0 Å². The van der Waals surface area contributed by atoms with Crippen LogP contribution in [0, 0.1) is 35.5 Å². The zero-order chi connectivity index (χ0) is 55.6. The fourth-order valence-corrected chi connectivity index (χ4v) is 12.8. The molecule has 426 valence electrons. The standard InChI is InChI=1S/C59H97NO14Si/c1-38-19-15-14-16-20-39(2)51(68-9)35-47-24-22-44(7)59(67,74-47)56(64)57(65)60-26-18-17-21-48(60)58(66)73-52(36-49(62)41(4)32-43(6)54(63)55(70-11)45(8)40(3)31-38)42(5)33-46-23-25-50(53(34-46)69-10)72-29-28-71-37-75(12,13)30-27-61/h14-16,19-20,32,38,40-42,44,46-48,50-55,61,63,67H,8,17-18,21-31,33-37H2,1-7,9-13H3/b16-14+,19-15+,39-20+,43-32+/t38-,40-,41-,42-,44-,46+,47+,48+,50-,51+,52+,53-,54-,55+,59-/m1/s1. The van der Waals surface area contributed by atoms with Crippen molar-refractivity contribution in [1.82, 2.24) is 4.90 Å². The number of methoxy groups -OCH3 is 3. The summed E-state index contributed by atoms with van der Waals surface area (Å²) in [7, 11) is 3.20. The zero-order valence-electron chi connectivity index (χ0n) is 47.8. The number of ketones is 2. The number of cyclic esters (lactones) is 1. The van der Waals surface area contributed by atoms with Crippen LogP contribution in [-0.4, -0.2) is 160 Å². The number of piperidine rings is 1. The highest BCUT2D eigenvalue weighted by atomic mass is 28.3. The van der Waals surface area contributed by atoms with Crippen molar-refractivity contribution in [3.8, 4) is 0 Å². The second kappa shape index (κ2) is 30.8. The monoisotopic (exact) mass is 1070 g/mol. The molecule has 3 aliphatic heterocycles. The van der Waals surface area contributed by atoms with Gasteiger partial charge >= 0.3 is 5.97 Å². The summed E-state index contributed by atoms with van der Waals surface area (Å²) in [5, 5.41) is 33.2. The van der Waals surface area contributed by atoms with Crippen LogP contribution < -0.4 is 0 Å². The lowest BCUT2D eigenvalue weighted by Crippen LogP contribution is -2.61. The molecule has 4 aliphatic rings. The van der Waals surface area contributed by atoms with Gasteiger partial charge < -0.3 is 53.4 Å². The average molecular weight is 1070 g/mol. The van der Waals surface area contributed by atoms with E-state index in [-0.39, 0.29) is 67.7 Å². The van der Waals surface area contributed by atoms with E-state index >= 15 is 0 Å². The van der Waals surface area contributed by atoms with Crippen LogP contribution in [0.5, 0.6) is 0 Å². The van der Waals surface area contributed by atoms with E-state index in [4.69, 9.17) is 33.2 Å². The van der Waals surface area contributed by atoms with E-state index in [2.05, 4.69) is 39.6 Å². The molecule has 1 aliphatic carbocycles. The summed E-state index contributed by atoms with van der Waals surface area (Å²) < 4.78 is 42.6. The average Bonchev–Trinajstić information content (AvgIpc) is 3.37. The lowest BCUT2D eigenvalue weighted by atomic mass is 9.78. The van der Waals surface area contributed by atoms with E-state index < -0.39 is 79.9 Å². The molecule has 0 aromatic carbocycles. The molecule has 0 aromatic heterocycles. The normalized spacial score (nSPS) is 36.9. The molecule has 4 rings (SSSR count). The molecule has 2 saturated heterocycles. The second-order valence-corrected chi connectivity index (χ2v) is 28.4. The lowest BCUT2D eigenvalue weighted by molar-refractivity contribution is -0.265. The summed E-state index contributed by atoms with van der Waals surface area (Å²) in [6, 6.07) is -0.340. The maximum absolute atomic E-state index is 14.6. The molecule has 15 nitrogen and oxygen atoms in total. The minimum absolute atomic E-state index is 0.00500. The largest absolute Gasteiger partial charge is 0.460 e. The van der Waals surface area contributed by atoms with Crippen LogP contribution in [0.25, 0.3) is 0 Å². The van der Waals surface area contributed by atoms with Crippen molar-refractivity contribution in [1.29, 1.82) is 0 Å². The van der Waals surface area contributed by atoms with Gasteiger partial charge in [0.1, 0.15) is 30.1 Å². The van der Waals surface area contributed by atoms with Crippen LogP contribution in [0.4, 0.5) is 0 Å². The van der Waals surface area contributed by atoms with E-state index in [0.29, 0.717) is 70.0 Å². The Morgan fingerprint density at radius 3 is 2.29 bits per heavy atom. The topological polar surface area (TPSA) is 197 Å². The zero-order valence-corrected chi connectivity index (χ0v) is 48.8. The first-order valence-electron chi connectivity index (χ1n) is 27.9. The van der Waals surface area contributed by atoms with Gasteiger partial charge in [-0.05, 0) is 124 Å². The van der Waals surface area contributed by atoms with Crippen molar-refractivity contribution < 1.29 is 67.7 Å². The summed E-state index contributed by atoms with van der Waals surface area (Å²) in [6.07, 6.45) is 14.5. The molecule has 1 amide bonds. The van der Waals surface area contributed by atoms with E-state index in [1.807, 2.05) is 38.2 Å². The Labute approximate surface area is 450 Å². The number of amides is 1. The number of allylic oxidation sites excluding steroid dienone is 6. The molecular weight excluding hydrogens is 975 g/mol. The summed E-state index contributed by atoms with van der Waals surface area (Å²) in [5.41, 5.74) is 2.21. The second-order valence-electron chi connectivity index (χ2n) is 23.3. The summed E-state index contributed by atoms with van der Waals surface area (Å²) in [4.78, 5) is 59.0. The molecule has 0 aromatic rings. The minimum atomic E-state index is -2.42. The summed E-state index contributed by atoms with van der Waals surface area (Å²) in [5.74, 6) is -6.81. The first-order valence-corrected chi connectivity index (χ1v) is 31.4. The third kappa shape index (κ3) is 18.7. The van der Waals surface area contributed by atoms with Crippen LogP contribution in [-0.2, 0) is 52.3 Å². The molecular formula is C59H97NO14Si. The number of aliphatic hydroxyl groups is 3. The van der Waals surface area contributed by atoms with Gasteiger partial charge in [-0.25, -0.2) is 4.79 Å². The van der Waals surface area contributed by atoms with E-state index in [1.54, 1.807) is 48.2 Å². The van der Waals surface area contributed by atoms with E-state index in [0.717, 1.165) is 36.5 Å². The number of esters is 1. The highest BCUT2D eigenvalue weighted by Crippen LogP contribution is 2.38. The van der Waals surface area contributed by atoms with Crippen molar-refractivity contribution in [2.45, 2.75) is 199 Å². The highest BCUT2D eigenvalue weighted by Gasteiger charge is 2.53. The Hall–Kier alpha value is -3.16. The number of hydrogen-bond acceptors (Lipinski definition) is 14. The molecule has 0 spiro atoms. The number of carbonyl (C=O) groups excluding carboxylic acids is 4. The van der Waals surface area contributed by atoms with Gasteiger partial charge in [0.05, 0.1) is 45.7 Å². The lowest BCUT2D eigenvalue weighted by Gasteiger charge is -2.42. The predicted molar refractivity (Wildman–Crippen MR) is 293 cm³/mol. The van der Waals surface area contributed by atoms with Gasteiger partial charge in [-0.3, -0.25) is 14.4 Å². The highest BCUT2D eigenvalue weighted by molar-refractivity contribution is 6.77. The van der Waals surface area contributed by atoms with Crippen LogP contribution >= 0.6 is 0 Å². The van der Waals surface area contributed by atoms with E-state index in [9.17, 15) is 34.5 Å².